The molecule has 1 aromatic carbocycles. The van der Waals surface area contributed by atoms with Crippen LogP contribution < -0.4 is 5.32 Å². The van der Waals surface area contributed by atoms with Crippen molar-refractivity contribution in [3.63, 3.8) is 0 Å². The van der Waals surface area contributed by atoms with Gasteiger partial charge in [-0.15, -0.1) is 0 Å². The first-order chi connectivity index (χ1) is 11.6. The molecule has 0 bridgehead atoms. The fourth-order valence-corrected chi connectivity index (χ4v) is 2.87. The van der Waals surface area contributed by atoms with Gasteiger partial charge < -0.3 is 15.0 Å². The summed E-state index contributed by atoms with van der Waals surface area (Å²) in [5.41, 5.74) is 0.951. The fraction of sp³-hybridized carbons (Fsp3) is 0.500. The van der Waals surface area contributed by atoms with Crippen LogP contribution in [0.15, 0.2) is 30.3 Å². The predicted octanol–water partition coefficient (Wildman–Crippen LogP) is 1.29. The first kappa shape index (κ1) is 18.0. The van der Waals surface area contributed by atoms with E-state index in [9.17, 15) is 14.4 Å². The molecule has 1 atom stereocenters. The second-order valence-electron chi connectivity index (χ2n) is 5.88. The number of rotatable bonds is 7. The molecular formula is C18H24N2O4. The minimum atomic E-state index is -0.403. The van der Waals surface area contributed by atoms with Crippen LogP contribution in [0.4, 0.5) is 0 Å². The summed E-state index contributed by atoms with van der Waals surface area (Å²) >= 11 is 0. The highest BCUT2D eigenvalue weighted by Gasteiger charge is 2.33. The largest absolute Gasteiger partial charge is 0.469 e. The number of esters is 1. The maximum absolute atomic E-state index is 12.5. The molecular weight excluding hydrogens is 308 g/mol. The van der Waals surface area contributed by atoms with Crippen LogP contribution in [-0.4, -0.2) is 48.9 Å². The zero-order valence-electron chi connectivity index (χ0n) is 14.0. The Balaban J connectivity index is 1.82. The zero-order chi connectivity index (χ0) is 17.4. The van der Waals surface area contributed by atoms with Crippen LogP contribution in [0, 0.1) is 0 Å². The first-order valence-electron chi connectivity index (χ1n) is 8.29. The molecule has 130 valence electrons. The Morgan fingerprint density at radius 3 is 2.71 bits per heavy atom. The number of benzene rings is 1. The molecule has 0 spiro atoms. The van der Waals surface area contributed by atoms with Crippen molar-refractivity contribution in [3.05, 3.63) is 35.9 Å². The van der Waals surface area contributed by atoms with Crippen molar-refractivity contribution in [1.29, 1.82) is 0 Å². The lowest BCUT2D eigenvalue weighted by Crippen LogP contribution is -2.46. The summed E-state index contributed by atoms with van der Waals surface area (Å²) in [7, 11) is 1.34. The van der Waals surface area contributed by atoms with E-state index in [1.807, 2.05) is 30.3 Å². The van der Waals surface area contributed by atoms with Gasteiger partial charge in [0.2, 0.25) is 11.8 Å². The quantitative estimate of drug-likeness (QED) is 0.603. The van der Waals surface area contributed by atoms with E-state index >= 15 is 0 Å². The van der Waals surface area contributed by atoms with Gasteiger partial charge in [0.1, 0.15) is 6.04 Å². The molecule has 24 heavy (non-hydrogen) atoms. The van der Waals surface area contributed by atoms with Crippen LogP contribution in [0.5, 0.6) is 0 Å². The maximum Gasteiger partial charge on any atom is 0.305 e. The van der Waals surface area contributed by atoms with Gasteiger partial charge in [-0.1, -0.05) is 30.3 Å². The van der Waals surface area contributed by atoms with Crippen LogP contribution in [0.25, 0.3) is 0 Å². The Bertz CT molecular complexity index is 574. The van der Waals surface area contributed by atoms with Crippen molar-refractivity contribution in [2.75, 3.05) is 20.2 Å². The fourth-order valence-electron chi connectivity index (χ4n) is 2.87. The highest BCUT2D eigenvalue weighted by atomic mass is 16.5. The third-order valence-electron chi connectivity index (χ3n) is 4.16. The third-order valence-corrected chi connectivity index (χ3v) is 4.16. The Labute approximate surface area is 142 Å². The minimum absolute atomic E-state index is 0.0200. The van der Waals surface area contributed by atoms with E-state index in [2.05, 4.69) is 10.1 Å². The second kappa shape index (κ2) is 9.05. The number of carbonyl (C=O) groups is 3. The molecule has 0 aliphatic carbocycles. The number of nitrogens with zero attached hydrogens (tertiary/aromatic N) is 1. The van der Waals surface area contributed by atoms with Gasteiger partial charge in [0.15, 0.2) is 0 Å². The van der Waals surface area contributed by atoms with E-state index in [-0.39, 0.29) is 24.2 Å². The number of nitrogens with one attached hydrogen (secondary N) is 1. The normalized spacial score (nSPS) is 16.7. The molecule has 2 amide bonds. The van der Waals surface area contributed by atoms with E-state index in [1.165, 1.54) is 7.11 Å². The average Bonchev–Trinajstić information content (AvgIpc) is 3.09. The molecule has 1 heterocycles. The molecule has 2 rings (SSSR count). The van der Waals surface area contributed by atoms with Gasteiger partial charge in [0.25, 0.3) is 0 Å². The first-order valence-corrected chi connectivity index (χ1v) is 8.29. The Morgan fingerprint density at radius 1 is 1.25 bits per heavy atom. The summed E-state index contributed by atoms with van der Waals surface area (Å²) in [6.07, 6.45) is 2.64. The van der Waals surface area contributed by atoms with Gasteiger partial charge in [-0.3, -0.25) is 14.4 Å². The lowest BCUT2D eigenvalue weighted by Gasteiger charge is -2.24. The van der Waals surface area contributed by atoms with Crippen molar-refractivity contribution in [2.45, 2.75) is 38.1 Å². The number of carbonyl (C=O) groups excluding carboxylic acids is 3. The SMILES string of the molecule is COC(=O)CCCNC(=O)[C@@H]1CCCN1C(=O)Cc1ccccc1. The van der Waals surface area contributed by atoms with E-state index < -0.39 is 6.04 Å². The van der Waals surface area contributed by atoms with Crippen LogP contribution in [0.1, 0.15) is 31.2 Å². The van der Waals surface area contributed by atoms with Crippen LogP contribution in [-0.2, 0) is 25.5 Å². The number of hydrogen-bond acceptors (Lipinski definition) is 4. The molecule has 1 aliphatic heterocycles. The Morgan fingerprint density at radius 2 is 2.00 bits per heavy atom. The van der Waals surface area contributed by atoms with Gasteiger partial charge in [-0.2, -0.15) is 0 Å². The van der Waals surface area contributed by atoms with Crippen LogP contribution >= 0.6 is 0 Å². The van der Waals surface area contributed by atoms with Gasteiger partial charge in [0, 0.05) is 19.5 Å². The van der Waals surface area contributed by atoms with E-state index in [0.717, 1.165) is 12.0 Å². The molecule has 1 N–H and O–H groups in total. The number of amides is 2. The minimum Gasteiger partial charge on any atom is -0.469 e. The van der Waals surface area contributed by atoms with E-state index in [0.29, 0.717) is 32.4 Å². The second-order valence-corrected chi connectivity index (χ2v) is 5.88. The number of likely N-dealkylation sites (tertiary alicyclic amines) is 1. The molecule has 1 fully saturated rings. The zero-order valence-corrected chi connectivity index (χ0v) is 14.0. The molecule has 0 unspecified atom stereocenters. The summed E-state index contributed by atoms with van der Waals surface area (Å²) < 4.78 is 4.56. The number of ether oxygens (including phenoxy) is 1. The molecule has 0 aromatic heterocycles. The highest BCUT2D eigenvalue weighted by molar-refractivity contribution is 5.89. The van der Waals surface area contributed by atoms with Gasteiger partial charge in [-0.25, -0.2) is 0 Å². The van der Waals surface area contributed by atoms with E-state index in [1.54, 1.807) is 4.90 Å². The summed E-state index contributed by atoms with van der Waals surface area (Å²) in [5, 5.41) is 2.81. The third kappa shape index (κ3) is 5.08. The molecule has 1 saturated heterocycles. The lowest BCUT2D eigenvalue weighted by atomic mass is 10.1. The van der Waals surface area contributed by atoms with Crippen molar-refractivity contribution in [1.82, 2.24) is 10.2 Å². The summed E-state index contributed by atoms with van der Waals surface area (Å²) in [6, 6.07) is 9.13. The van der Waals surface area contributed by atoms with Crippen molar-refractivity contribution >= 4 is 17.8 Å². The van der Waals surface area contributed by atoms with Gasteiger partial charge in [0.05, 0.1) is 13.5 Å². The van der Waals surface area contributed by atoms with Crippen molar-refractivity contribution < 1.29 is 19.1 Å². The van der Waals surface area contributed by atoms with Crippen molar-refractivity contribution in [3.8, 4) is 0 Å². The topological polar surface area (TPSA) is 75.7 Å². The van der Waals surface area contributed by atoms with Gasteiger partial charge in [-0.05, 0) is 24.8 Å². The Hall–Kier alpha value is -2.37. The molecule has 1 aliphatic rings. The van der Waals surface area contributed by atoms with Crippen LogP contribution in [0.2, 0.25) is 0 Å². The monoisotopic (exact) mass is 332 g/mol. The van der Waals surface area contributed by atoms with Gasteiger partial charge >= 0.3 is 5.97 Å². The smallest absolute Gasteiger partial charge is 0.305 e. The van der Waals surface area contributed by atoms with Crippen LogP contribution in [0.3, 0.4) is 0 Å². The molecule has 1 aromatic rings. The summed E-state index contributed by atoms with van der Waals surface area (Å²) in [4.78, 5) is 37.5. The maximum atomic E-state index is 12.5. The molecule has 6 nitrogen and oxygen atoms in total. The highest BCUT2D eigenvalue weighted by Crippen LogP contribution is 2.19. The number of hydrogen-bond donors (Lipinski definition) is 1. The number of methoxy groups -OCH3 is 1. The van der Waals surface area contributed by atoms with Crippen molar-refractivity contribution in [2.24, 2.45) is 0 Å². The summed E-state index contributed by atoms with van der Waals surface area (Å²) in [6.45, 7) is 1.02. The predicted molar refractivity (Wildman–Crippen MR) is 89.1 cm³/mol. The average molecular weight is 332 g/mol. The standard InChI is InChI=1S/C18H24N2O4/c1-24-17(22)10-5-11-19-18(23)15-9-6-12-20(15)16(21)13-14-7-3-2-4-8-14/h2-4,7-8,15H,5-6,9-13H2,1H3,(H,19,23)/t15-/m0/s1. The molecule has 6 heteroatoms. The molecule has 0 saturated carbocycles. The summed E-state index contributed by atoms with van der Waals surface area (Å²) in [5.74, 6) is -0.447. The lowest BCUT2D eigenvalue weighted by molar-refractivity contribution is -0.140. The van der Waals surface area contributed by atoms with E-state index in [4.69, 9.17) is 0 Å². The Kier molecular flexibility index (Phi) is 6.78. The molecule has 0 radical (unpaired) electrons.